The molecule has 3 aromatic rings. The predicted octanol–water partition coefficient (Wildman–Crippen LogP) is 6.30. The molecule has 0 aliphatic carbocycles. The van der Waals surface area contributed by atoms with Gasteiger partial charge in [0.25, 0.3) is 0 Å². The first-order valence-electron chi connectivity index (χ1n) is 9.17. The SMILES string of the molecule is Cc1cccc(NC(SCc2c(F)cccc2Cl)=C(C#N)S(=O)(=O)c2ccccc2)c1. The third-order valence-corrected chi connectivity index (χ3v) is 7.57. The zero-order valence-electron chi connectivity index (χ0n) is 16.5. The maximum Gasteiger partial charge on any atom is 0.219 e. The summed E-state index contributed by atoms with van der Waals surface area (Å²) in [6, 6.07) is 21.2. The van der Waals surface area contributed by atoms with Crippen LogP contribution < -0.4 is 5.32 Å². The average molecular weight is 473 g/mol. The van der Waals surface area contributed by atoms with Gasteiger partial charge in [-0.1, -0.05) is 48.0 Å². The number of nitrogens with zero attached hydrogens (tertiary/aromatic N) is 1. The van der Waals surface area contributed by atoms with Crippen LogP contribution >= 0.6 is 23.4 Å². The zero-order valence-corrected chi connectivity index (χ0v) is 18.9. The van der Waals surface area contributed by atoms with E-state index in [4.69, 9.17) is 11.6 Å². The Balaban J connectivity index is 2.08. The van der Waals surface area contributed by atoms with Gasteiger partial charge >= 0.3 is 0 Å². The predicted molar refractivity (Wildman–Crippen MR) is 124 cm³/mol. The lowest BCUT2D eigenvalue weighted by Gasteiger charge is -2.15. The van der Waals surface area contributed by atoms with Crippen molar-refractivity contribution >= 4 is 38.9 Å². The number of rotatable bonds is 7. The molecule has 3 aromatic carbocycles. The fourth-order valence-electron chi connectivity index (χ4n) is 2.78. The average Bonchev–Trinajstić information content (AvgIpc) is 2.74. The fourth-order valence-corrected chi connectivity index (χ4v) is 5.71. The Morgan fingerprint density at radius 1 is 1.10 bits per heavy atom. The van der Waals surface area contributed by atoms with Crippen molar-refractivity contribution in [1.29, 1.82) is 5.26 Å². The third kappa shape index (κ3) is 5.47. The lowest BCUT2D eigenvalue weighted by atomic mass is 10.2. The molecule has 0 fully saturated rings. The van der Waals surface area contributed by atoms with Crippen LogP contribution in [-0.2, 0) is 15.6 Å². The van der Waals surface area contributed by atoms with E-state index < -0.39 is 20.6 Å². The van der Waals surface area contributed by atoms with Crippen LogP contribution in [0.25, 0.3) is 0 Å². The first-order chi connectivity index (χ1) is 14.8. The van der Waals surface area contributed by atoms with Gasteiger partial charge in [0.05, 0.1) is 4.90 Å². The van der Waals surface area contributed by atoms with E-state index in [9.17, 15) is 18.1 Å². The van der Waals surface area contributed by atoms with Crippen molar-refractivity contribution in [3.05, 3.63) is 105 Å². The molecule has 0 atom stereocenters. The van der Waals surface area contributed by atoms with Gasteiger partial charge in [0, 0.05) is 22.0 Å². The number of hydrogen-bond donors (Lipinski definition) is 1. The molecule has 31 heavy (non-hydrogen) atoms. The van der Waals surface area contributed by atoms with E-state index in [1.807, 2.05) is 31.2 Å². The van der Waals surface area contributed by atoms with E-state index in [2.05, 4.69) is 5.32 Å². The molecule has 1 N–H and O–H groups in total. The minimum absolute atomic E-state index is 0.000355. The minimum atomic E-state index is -4.10. The number of nitriles is 1. The summed E-state index contributed by atoms with van der Waals surface area (Å²) in [7, 11) is -4.10. The second-order valence-corrected chi connectivity index (χ2v) is 9.85. The first-order valence-corrected chi connectivity index (χ1v) is 12.0. The van der Waals surface area contributed by atoms with Crippen LogP contribution in [0.5, 0.6) is 0 Å². The van der Waals surface area contributed by atoms with Gasteiger partial charge < -0.3 is 5.32 Å². The van der Waals surface area contributed by atoms with Crippen LogP contribution in [0.3, 0.4) is 0 Å². The number of aryl methyl sites for hydroxylation is 1. The molecule has 0 saturated heterocycles. The van der Waals surface area contributed by atoms with Crippen LogP contribution in [-0.4, -0.2) is 8.42 Å². The number of benzene rings is 3. The van der Waals surface area contributed by atoms with Crippen LogP contribution in [0.2, 0.25) is 5.02 Å². The molecular formula is C23H18ClFN2O2S2. The van der Waals surface area contributed by atoms with Gasteiger partial charge in [-0.15, -0.1) is 11.8 Å². The molecule has 0 aliphatic rings. The van der Waals surface area contributed by atoms with Crippen LogP contribution in [0.4, 0.5) is 10.1 Å². The molecule has 0 radical (unpaired) electrons. The number of thioether (sulfide) groups is 1. The zero-order chi connectivity index (χ0) is 22.4. The van der Waals surface area contributed by atoms with Crippen molar-refractivity contribution in [3.63, 3.8) is 0 Å². The van der Waals surface area contributed by atoms with Crippen LogP contribution in [0, 0.1) is 24.1 Å². The standard InChI is InChI=1S/C23H18ClFN2O2S2/c1-16-7-5-8-17(13-16)27-23(30-15-19-20(24)11-6-12-21(19)25)22(14-26)31(28,29)18-9-3-2-4-10-18/h2-13,27H,15H2,1H3. The summed E-state index contributed by atoms with van der Waals surface area (Å²) in [4.78, 5) is -0.447. The molecule has 0 amide bonds. The highest BCUT2D eigenvalue weighted by atomic mass is 35.5. The van der Waals surface area contributed by atoms with Gasteiger partial charge in [-0.25, -0.2) is 12.8 Å². The molecule has 4 nitrogen and oxygen atoms in total. The van der Waals surface area contributed by atoms with Crippen LogP contribution in [0.15, 0.2) is 87.6 Å². The summed E-state index contributed by atoms with van der Waals surface area (Å²) in [6.07, 6.45) is 0. The van der Waals surface area contributed by atoms with Crippen molar-refractivity contribution < 1.29 is 12.8 Å². The molecule has 0 unspecified atom stereocenters. The van der Waals surface area contributed by atoms with E-state index in [1.165, 1.54) is 24.3 Å². The van der Waals surface area contributed by atoms with Crippen molar-refractivity contribution in [2.75, 3.05) is 5.32 Å². The van der Waals surface area contributed by atoms with E-state index in [-0.39, 0.29) is 26.3 Å². The van der Waals surface area contributed by atoms with E-state index >= 15 is 0 Å². The summed E-state index contributed by atoms with van der Waals surface area (Å²) in [5.74, 6) is -0.464. The topological polar surface area (TPSA) is 70.0 Å². The number of allylic oxidation sites excluding steroid dienone is 1. The molecule has 158 valence electrons. The molecule has 0 spiro atoms. The van der Waals surface area contributed by atoms with Gasteiger partial charge in [0.15, 0.2) is 4.91 Å². The highest BCUT2D eigenvalue weighted by Gasteiger charge is 2.26. The summed E-state index contributed by atoms with van der Waals surface area (Å²) >= 11 is 7.12. The number of halogens is 2. The molecule has 0 bridgehead atoms. The third-order valence-electron chi connectivity index (χ3n) is 4.33. The molecule has 0 saturated carbocycles. The highest BCUT2D eigenvalue weighted by Crippen LogP contribution is 2.33. The quantitative estimate of drug-likeness (QED) is 0.408. The Kier molecular flexibility index (Phi) is 7.39. The summed E-state index contributed by atoms with van der Waals surface area (Å²) in [5, 5.41) is 13.1. The molecule has 0 heterocycles. The summed E-state index contributed by atoms with van der Waals surface area (Å²) in [6.45, 7) is 1.90. The van der Waals surface area contributed by atoms with E-state index in [0.717, 1.165) is 17.3 Å². The smallest absolute Gasteiger partial charge is 0.219 e. The van der Waals surface area contributed by atoms with Crippen LogP contribution in [0.1, 0.15) is 11.1 Å². The van der Waals surface area contributed by atoms with E-state index in [0.29, 0.717) is 5.69 Å². The Morgan fingerprint density at radius 2 is 1.81 bits per heavy atom. The maximum absolute atomic E-state index is 14.2. The van der Waals surface area contributed by atoms with Crippen molar-refractivity contribution in [2.24, 2.45) is 0 Å². The fraction of sp³-hybridized carbons (Fsp3) is 0.0870. The first kappa shape index (κ1) is 22.9. The largest absolute Gasteiger partial charge is 0.349 e. The Labute approximate surface area is 190 Å². The molecule has 0 aliphatic heterocycles. The van der Waals surface area contributed by atoms with Crippen molar-refractivity contribution in [3.8, 4) is 6.07 Å². The molecule has 8 heteroatoms. The number of nitrogens with one attached hydrogen (secondary N) is 1. The van der Waals surface area contributed by atoms with Crippen molar-refractivity contribution in [2.45, 2.75) is 17.6 Å². The maximum atomic E-state index is 14.2. The molecule has 3 rings (SSSR count). The Hall–Kier alpha value is -2.79. The Morgan fingerprint density at radius 3 is 2.45 bits per heavy atom. The second-order valence-electron chi connectivity index (χ2n) is 6.57. The van der Waals surface area contributed by atoms with Gasteiger partial charge in [0.1, 0.15) is 16.9 Å². The monoisotopic (exact) mass is 472 g/mol. The lowest BCUT2D eigenvalue weighted by molar-refractivity contribution is 0.603. The summed E-state index contributed by atoms with van der Waals surface area (Å²) < 4.78 is 40.6. The normalized spacial score (nSPS) is 12.1. The highest BCUT2D eigenvalue weighted by molar-refractivity contribution is 8.04. The minimum Gasteiger partial charge on any atom is -0.349 e. The van der Waals surface area contributed by atoms with Gasteiger partial charge in [0.2, 0.25) is 9.84 Å². The number of sulfone groups is 1. The van der Waals surface area contributed by atoms with Gasteiger partial charge in [-0.3, -0.25) is 0 Å². The Bertz CT molecular complexity index is 1250. The summed E-state index contributed by atoms with van der Waals surface area (Å²) in [5.41, 5.74) is 1.79. The molecule has 0 aromatic heterocycles. The molecular weight excluding hydrogens is 455 g/mol. The second kappa shape index (κ2) is 10.0. The number of anilines is 1. The lowest BCUT2D eigenvalue weighted by Crippen LogP contribution is -2.10. The van der Waals surface area contributed by atoms with Crippen molar-refractivity contribution in [1.82, 2.24) is 0 Å². The van der Waals surface area contributed by atoms with E-state index in [1.54, 1.807) is 30.3 Å². The number of hydrogen-bond acceptors (Lipinski definition) is 5. The van der Waals surface area contributed by atoms with Gasteiger partial charge in [-0.2, -0.15) is 5.26 Å². The van der Waals surface area contributed by atoms with Gasteiger partial charge in [-0.05, 0) is 48.9 Å².